The van der Waals surface area contributed by atoms with Crippen LogP contribution in [0.1, 0.15) is 16.1 Å². The normalized spacial score (nSPS) is 9.73. The third kappa shape index (κ3) is 3.09. The van der Waals surface area contributed by atoms with E-state index in [9.17, 15) is 4.79 Å². The van der Waals surface area contributed by atoms with Crippen molar-refractivity contribution < 1.29 is 9.53 Å². The quantitative estimate of drug-likeness (QED) is 0.825. The number of terminal acetylenes is 1. The smallest absolute Gasteiger partial charge is 0.265 e. The second-order valence-electron chi connectivity index (χ2n) is 4.37. The van der Waals surface area contributed by atoms with E-state index in [2.05, 4.69) is 31.2 Å². The number of aromatic nitrogens is 4. The molecule has 0 aliphatic rings. The van der Waals surface area contributed by atoms with Gasteiger partial charge in [0, 0.05) is 20.3 Å². The van der Waals surface area contributed by atoms with Crippen LogP contribution in [0.5, 0.6) is 5.88 Å². The summed E-state index contributed by atoms with van der Waals surface area (Å²) in [6.45, 7) is 0. The number of ether oxygens (including phenoxy) is 1. The van der Waals surface area contributed by atoms with Gasteiger partial charge in [0.1, 0.15) is 17.6 Å². The molecule has 1 amide bonds. The van der Waals surface area contributed by atoms with Gasteiger partial charge in [-0.3, -0.25) is 10.1 Å². The van der Waals surface area contributed by atoms with E-state index in [1.54, 1.807) is 4.90 Å². The zero-order valence-corrected chi connectivity index (χ0v) is 12.4. The number of carbonyl (C=O) groups excluding carboxylic acids is 1. The number of methoxy groups -OCH3 is 1. The van der Waals surface area contributed by atoms with Crippen molar-refractivity contribution in [3.8, 4) is 18.2 Å². The number of rotatable bonds is 4. The molecule has 2 rings (SSSR count). The van der Waals surface area contributed by atoms with Crippen molar-refractivity contribution in [3.63, 3.8) is 0 Å². The molecule has 0 bridgehead atoms. The first kappa shape index (κ1) is 15.2. The lowest BCUT2D eigenvalue weighted by Crippen LogP contribution is -2.18. The topological polar surface area (TPSA) is 93.1 Å². The highest BCUT2D eigenvalue weighted by Crippen LogP contribution is 2.17. The van der Waals surface area contributed by atoms with Crippen LogP contribution in [0.15, 0.2) is 18.7 Å². The van der Waals surface area contributed by atoms with Gasteiger partial charge < -0.3 is 9.64 Å². The van der Waals surface area contributed by atoms with Crippen molar-refractivity contribution in [2.75, 3.05) is 31.4 Å². The van der Waals surface area contributed by atoms with Crippen LogP contribution in [0.4, 0.5) is 11.6 Å². The fourth-order valence-electron chi connectivity index (χ4n) is 1.67. The third-order valence-electron chi connectivity index (χ3n) is 2.73. The van der Waals surface area contributed by atoms with Gasteiger partial charge in [-0.1, -0.05) is 0 Å². The Morgan fingerprint density at radius 1 is 1.36 bits per heavy atom. The molecule has 0 saturated carbocycles. The summed E-state index contributed by atoms with van der Waals surface area (Å²) in [5, 5.41) is 2.54. The monoisotopic (exact) mass is 298 g/mol. The first-order valence-electron chi connectivity index (χ1n) is 6.23. The average molecular weight is 298 g/mol. The molecule has 0 atom stereocenters. The molecule has 0 radical (unpaired) electrons. The Labute approximate surface area is 127 Å². The van der Waals surface area contributed by atoms with Gasteiger partial charge in [0.25, 0.3) is 5.91 Å². The van der Waals surface area contributed by atoms with Gasteiger partial charge in [0.2, 0.25) is 11.8 Å². The van der Waals surface area contributed by atoms with Crippen molar-refractivity contribution in [3.05, 3.63) is 30.0 Å². The molecule has 0 unspecified atom stereocenters. The molecule has 2 aromatic heterocycles. The van der Waals surface area contributed by atoms with E-state index in [0.717, 1.165) is 0 Å². The zero-order valence-electron chi connectivity index (χ0n) is 12.4. The summed E-state index contributed by atoms with van der Waals surface area (Å²) in [6.07, 6.45) is 9.59. The van der Waals surface area contributed by atoms with E-state index >= 15 is 0 Å². The van der Waals surface area contributed by atoms with Gasteiger partial charge in [-0.15, -0.1) is 6.42 Å². The Balaban J connectivity index is 2.28. The SMILES string of the molecule is C#Cc1nc(NC(=O)c2cncnc2OC)ncc1N(C)C. The molecular formula is C14H14N6O2. The molecule has 8 heteroatoms. The highest BCUT2D eigenvalue weighted by molar-refractivity contribution is 6.04. The standard InChI is InChI=1S/C14H14N6O2/c1-5-10-11(20(2)3)7-16-14(18-10)19-12(21)9-6-15-8-17-13(9)22-4/h1,6-8H,2-4H3,(H,16,18,19,21). The molecule has 0 spiro atoms. The number of hydrogen-bond donors (Lipinski definition) is 1. The zero-order chi connectivity index (χ0) is 16.1. The molecule has 1 N–H and O–H groups in total. The minimum Gasteiger partial charge on any atom is -0.480 e. The van der Waals surface area contributed by atoms with Gasteiger partial charge in [0.05, 0.1) is 19.0 Å². The fourth-order valence-corrected chi connectivity index (χ4v) is 1.67. The van der Waals surface area contributed by atoms with E-state index in [-0.39, 0.29) is 17.4 Å². The second kappa shape index (κ2) is 6.49. The maximum atomic E-state index is 12.2. The van der Waals surface area contributed by atoms with Crippen LogP contribution in [-0.4, -0.2) is 47.0 Å². The van der Waals surface area contributed by atoms with E-state index in [1.165, 1.54) is 25.8 Å². The Bertz CT molecular complexity index is 738. The Morgan fingerprint density at radius 3 is 2.77 bits per heavy atom. The molecule has 0 saturated heterocycles. The van der Waals surface area contributed by atoms with E-state index in [1.807, 2.05) is 14.1 Å². The summed E-state index contributed by atoms with van der Waals surface area (Å²) in [5.41, 5.74) is 1.24. The minimum atomic E-state index is -0.488. The van der Waals surface area contributed by atoms with Crippen molar-refractivity contribution >= 4 is 17.5 Å². The van der Waals surface area contributed by atoms with E-state index < -0.39 is 5.91 Å². The molecule has 0 aliphatic carbocycles. The largest absolute Gasteiger partial charge is 0.480 e. The Kier molecular flexibility index (Phi) is 4.48. The summed E-state index contributed by atoms with van der Waals surface area (Å²) in [6, 6.07) is 0. The molecule has 0 aliphatic heterocycles. The highest BCUT2D eigenvalue weighted by Gasteiger charge is 2.16. The Morgan fingerprint density at radius 2 is 2.14 bits per heavy atom. The minimum absolute atomic E-state index is 0.0921. The first-order chi connectivity index (χ1) is 10.6. The van der Waals surface area contributed by atoms with Gasteiger partial charge in [-0.25, -0.2) is 19.9 Å². The number of nitrogens with one attached hydrogen (secondary N) is 1. The fraction of sp³-hybridized carbons (Fsp3) is 0.214. The van der Waals surface area contributed by atoms with Gasteiger partial charge in [-0.2, -0.15) is 0 Å². The second-order valence-corrected chi connectivity index (χ2v) is 4.37. The number of carbonyl (C=O) groups is 1. The first-order valence-corrected chi connectivity index (χ1v) is 6.23. The van der Waals surface area contributed by atoms with Crippen LogP contribution in [0.3, 0.4) is 0 Å². The van der Waals surface area contributed by atoms with Crippen molar-refractivity contribution in [2.24, 2.45) is 0 Å². The predicted molar refractivity (Wildman–Crippen MR) is 80.8 cm³/mol. The van der Waals surface area contributed by atoms with Crippen LogP contribution < -0.4 is 15.0 Å². The molecule has 112 valence electrons. The lowest BCUT2D eigenvalue weighted by molar-refractivity contribution is 0.102. The number of anilines is 2. The van der Waals surface area contributed by atoms with Crippen LogP contribution in [0.25, 0.3) is 0 Å². The average Bonchev–Trinajstić information content (AvgIpc) is 2.54. The molecular weight excluding hydrogens is 284 g/mol. The van der Waals surface area contributed by atoms with Crippen molar-refractivity contribution in [2.45, 2.75) is 0 Å². The van der Waals surface area contributed by atoms with E-state index in [4.69, 9.17) is 11.2 Å². The summed E-state index contributed by atoms with van der Waals surface area (Å²) in [4.78, 5) is 29.8. The molecule has 8 nitrogen and oxygen atoms in total. The molecule has 0 fully saturated rings. The van der Waals surface area contributed by atoms with Crippen LogP contribution in [-0.2, 0) is 0 Å². The van der Waals surface area contributed by atoms with Gasteiger partial charge >= 0.3 is 0 Å². The number of amides is 1. The number of hydrogen-bond acceptors (Lipinski definition) is 7. The maximum Gasteiger partial charge on any atom is 0.265 e. The molecule has 2 aromatic rings. The summed E-state index contributed by atoms with van der Waals surface area (Å²) in [7, 11) is 5.06. The molecule has 22 heavy (non-hydrogen) atoms. The van der Waals surface area contributed by atoms with Crippen molar-refractivity contribution in [1.29, 1.82) is 0 Å². The third-order valence-corrected chi connectivity index (χ3v) is 2.73. The lowest BCUT2D eigenvalue weighted by Gasteiger charge is -2.14. The van der Waals surface area contributed by atoms with Gasteiger partial charge in [-0.05, 0) is 5.92 Å². The molecule has 2 heterocycles. The maximum absolute atomic E-state index is 12.2. The Hall–Kier alpha value is -3.21. The van der Waals surface area contributed by atoms with Crippen molar-refractivity contribution in [1.82, 2.24) is 19.9 Å². The summed E-state index contributed by atoms with van der Waals surface area (Å²) >= 11 is 0. The predicted octanol–water partition coefficient (Wildman–Crippen LogP) is 0.575. The molecule has 0 aromatic carbocycles. The van der Waals surface area contributed by atoms with E-state index in [0.29, 0.717) is 11.4 Å². The van der Waals surface area contributed by atoms with Crippen LogP contribution in [0.2, 0.25) is 0 Å². The van der Waals surface area contributed by atoms with Crippen LogP contribution >= 0.6 is 0 Å². The van der Waals surface area contributed by atoms with Crippen LogP contribution in [0, 0.1) is 12.3 Å². The highest BCUT2D eigenvalue weighted by atomic mass is 16.5. The van der Waals surface area contributed by atoms with Gasteiger partial charge in [0.15, 0.2) is 0 Å². The summed E-state index contributed by atoms with van der Waals surface area (Å²) < 4.78 is 5.01. The lowest BCUT2D eigenvalue weighted by atomic mass is 10.3. The number of nitrogens with zero attached hydrogens (tertiary/aromatic N) is 5. The summed E-state index contributed by atoms with van der Waals surface area (Å²) in [5.74, 6) is 2.23.